The van der Waals surface area contributed by atoms with Gasteiger partial charge in [0.15, 0.2) is 17.3 Å². The third-order valence-electron chi connectivity index (χ3n) is 4.49. The molecule has 1 aliphatic rings. The highest BCUT2D eigenvalue weighted by Gasteiger charge is 2.24. The number of benzene rings is 1. The van der Waals surface area contributed by atoms with Gasteiger partial charge in [-0.05, 0) is 36.2 Å². The summed E-state index contributed by atoms with van der Waals surface area (Å²) in [6.07, 6.45) is 2.35. The van der Waals surface area contributed by atoms with E-state index in [1.165, 1.54) is 6.26 Å². The van der Waals surface area contributed by atoms with Gasteiger partial charge in [-0.1, -0.05) is 19.9 Å². The number of fused-ring (bicyclic) bond motifs is 1. The summed E-state index contributed by atoms with van der Waals surface area (Å²) in [5, 5.41) is 5.69. The van der Waals surface area contributed by atoms with Crippen molar-refractivity contribution in [3.8, 4) is 11.5 Å². The molecule has 0 saturated heterocycles. The van der Waals surface area contributed by atoms with E-state index in [2.05, 4.69) is 24.5 Å². The molecule has 0 unspecified atom stereocenters. The number of carbonyl (C=O) groups excluding carboxylic acids is 2. The number of rotatable bonds is 8. The Labute approximate surface area is 158 Å². The minimum absolute atomic E-state index is 0.0453. The molecule has 2 amide bonds. The normalized spacial score (nSPS) is 12.7. The van der Waals surface area contributed by atoms with Gasteiger partial charge >= 0.3 is 0 Å². The topological polar surface area (TPSA) is 89.8 Å². The lowest BCUT2D eigenvalue weighted by Crippen LogP contribution is -2.37. The summed E-state index contributed by atoms with van der Waals surface area (Å²) in [6, 6.07) is 9.09. The Hall–Kier alpha value is -2.96. The Balaban J connectivity index is 1.39. The largest absolute Gasteiger partial charge is 0.459 e. The molecule has 0 atom stereocenters. The van der Waals surface area contributed by atoms with Crippen molar-refractivity contribution in [2.75, 3.05) is 19.9 Å². The maximum atomic E-state index is 12.1. The van der Waals surface area contributed by atoms with Crippen molar-refractivity contribution < 1.29 is 23.5 Å². The number of furan rings is 1. The predicted octanol–water partition coefficient (Wildman–Crippen LogP) is 2.61. The number of hydrogen-bond donors (Lipinski definition) is 2. The van der Waals surface area contributed by atoms with Crippen LogP contribution in [-0.4, -0.2) is 31.7 Å². The molecule has 7 heteroatoms. The van der Waals surface area contributed by atoms with Crippen molar-refractivity contribution in [1.29, 1.82) is 0 Å². The minimum Gasteiger partial charge on any atom is -0.459 e. The van der Waals surface area contributed by atoms with Crippen molar-refractivity contribution in [3.63, 3.8) is 0 Å². The van der Waals surface area contributed by atoms with Crippen LogP contribution in [0.15, 0.2) is 41.0 Å². The van der Waals surface area contributed by atoms with Crippen LogP contribution in [0.4, 0.5) is 0 Å². The predicted molar refractivity (Wildman–Crippen MR) is 98.9 cm³/mol. The number of carbonyl (C=O) groups is 2. The van der Waals surface area contributed by atoms with Gasteiger partial charge in [-0.15, -0.1) is 0 Å². The first-order valence-corrected chi connectivity index (χ1v) is 8.94. The molecule has 1 aromatic heterocycles. The molecule has 3 rings (SSSR count). The van der Waals surface area contributed by atoms with E-state index in [1.807, 2.05) is 18.2 Å². The molecule has 144 valence electrons. The lowest BCUT2D eigenvalue weighted by molar-refractivity contribution is -0.121. The van der Waals surface area contributed by atoms with Crippen molar-refractivity contribution >= 4 is 11.8 Å². The molecule has 27 heavy (non-hydrogen) atoms. The van der Waals surface area contributed by atoms with Crippen LogP contribution in [0.2, 0.25) is 0 Å². The second-order valence-electron chi connectivity index (χ2n) is 7.07. The van der Waals surface area contributed by atoms with Crippen LogP contribution in [0.3, 0.4) is 0 Å². The Morgan fingerprint density at radius 3 is 2.70 bits per heavy atom. The Morgan fingerprint density at radius 1 is 1.11 bits per heavy atom. The first-order valence-electron chi connectivity index (χ1n) is 8.94. The van der Waals surface area contributed by atoms with E-state index in [0.717, 1.165) is 17.1 Å². The van der Waals surface area contributed by atoms with Crippen LogP contribution >= 0.6 is 0 Å². The van der Waals surface area contributed by atoms with Crippen LogP contribution in [-0.2, 0) is 10.2 Å². The fourth-order valence-electron chi connectivity index (χ4n) is 2.77. The molecular formula is C20H24N2O5. The second-order valence-corrected chi connectivity index (χ2v) is 7.07. The molecule has 0 aliphatic carbocycles. The van der Waals surface area contributed by atoms with Gasteiger partial charge in [0.1, 0.15) is 0 Å². The quantitative estimate of drug-likeness (QED) is 0.695. The van der Waals surface area contributed by atoms with Crippen molar-refractivity contribution in [2.45, 2.75) is 32.1 Å². The van der Waals surface area contributed by atoms with Gasteiger partial charge in [0.05, 0.1) is 6.26 Å². The zero-order valence-corrected chi connectivity index (χ0v) is 15.5. The zero-order chi connectivity index (χ0) is 19.3. The molecule has 2 aromatic rings. The highest BCUT2D eigenvalue weighted by molar-refractivity contribution is 5.91. The molecule has 1 aromatic carbocycles. The van der Waals surface area contributed by atoms with Gasteiger partial charge in [-0.2, -0.15) is 0 Å². The molecule has 0 saturated carbocycles. The van der Waals surface area contributed by atoms with Crippen LogP contribution in [0.25, 0.3) is 0 Å². The van der Waals surface area contributed by atoms with E-state index < -0.39 is 0 Å². The molecule has 2 N–H and O–H groups in total. The molecule has 0 fully saturated rings. The van der Waals surface area contributed by atoms with Crippen molar-refractivity contribution in [3.05, 3.63) is 47.9 Å². The summed E-state index contributed by atoms with van der Waals surface area (Å²) < 4.78 is 15.8. The van der Waals surface area contributed by atoms with Gasteiger partial charge < -0.3 is 24.5 Å². The Bertz CT molecular complexity index is 799. The van der Waals surface area contributed by atoms with E-state index >= 15 is 0 Å². The van der Waals surface area contributed by atoms with Gasteiger partial charge in [0.25, 0.3) is 5.91 Å². The van der Waals surface area contributed by atoms with Crippen LogP contribution in [0.5, 0.6) is 11.5 Å². The maximum Gasteiger partial charge on any atom is 0.286 e. The number of ether oxygens (including phenoxy) is 2. The van der Waals surface area contributed by atoms with Gasteiger partial charge in [-0.3, -0.25) is 9.59 Å². The van der Waals surface area contributed by atoms with E-state index in [-0.39, 0.29) is 29.8 Å². The van der Waals surface area contributed by atoms with E-state index in [1.54, 1.807) is 12.1 Å². The molecule has 7 nitrogen and oxygen atoms in total. The molecule has 1 aliphatic heterocycles. The smallest absolute Gasteiger partial charge is 0.286 e. The summed E-state index contributed by atoms with van der Waals surface area (Å²) in [5.41, 5.74) is 0.821. The third-order valence-corrected chi connectivity index (χ3v) is 4.49. The van der Waals surface area contributed by atoms with Crippen LogP contribution < -0.4 is 20.1 Å². The Morgan fingerprint density at radius 2 is 1.93 bits per heavy atom. The van der Waals surface area contributed by atoms with Crippen molar-refractivity contribution in [2.24, 2.45) is 0 Å². The van der Waals surface area contributed by atoms with Crippen molar-refractivity contribution in [1.82, 2.24) is 10.6 Å². The monoisotopic (exact) mass is 372 g/mol. The fourth-order valence-corrected chi connectivity index (χ4v) is 2.77. The lowest BCUT2D eigenvalue weighted by Gasteiger charge is -2.26. The molecule has 0 radical (unpaired) electrons. The first-order chi connectivity index (χ1) is 13.0. The molecule has 0 spiro atoms. The maximum absolute atomic E-state index is 12.1. The number of hydrogen-bond acceptors (Lipinski definition) is 5. The zero-order valence-electron chi connectivity index (χ0n) is 15.5. The average molecular weight is 372 g/mol. The van der Waals surface area contributed by atoms with Gasteiger partial charge in [0, 0.05) is 24.9 Å². The first kappa shape index (κ1) is 18.8. The van der Waals surface area contributed by atoms with Crippen LogP contribution in [0, 0.1) is 0 Å². The molecular weight excluding hydrogens is 348 g/mol. The summed E-state index contributed by atoms with van der Waals surface area (Å²) in [6.45, 7) is 5.29. The van der Waals surface area contributed by atoms with E-state index in [9.17, 15) is 9.59 Å². The highest BCUT2D eigenvalue weighted by Crippen LogP contribution is 2.36. The Kier molecular flexibility index (Phi) is 5.69. The highest BCUT2D eigenvalue weighted by atomic mass is 16.7. The number of amides is 2. The van der Waals surface area contributed by atoms with Gasteiger partial charge in [0.2, 0.25) is 12.7 Å². The van der Waals surface area contributed by atoms with Gasteiger partial charge in [-0.25, -0.2) is 0 Å². The average Bonchev–Trinajstić information content (AvgIpc) is 3.34. The third kappa shape index (κ3) is 4.81. The summed E-state index contributed by atoms with van der Waals surface area (Å²) in [5.74, 6) is 1.43. The van der Waals surface area contributed by atoms with Crippen LogP contribution in [0.1, 0.15) is 42.8 Å². The second kappa shape index (κ2) is 8.16. The minimum atomic E-state index is -0.274. The molecule has 0 bridgehead atoms. The standard InChI is InChI=1S/C20H24N2O5/c1-20(2,14-7-8-15-17(11-14)27-13-26-15)12-22-18(23)6-3-9-21-19(24)16-5-4-10-25-16/h4-5,7-8,10-11H,3,6,9,12-13H2,1-2H3,(H,21,24)(H,22,23). The summed E-state index contributed by atoms with van der Waals surface area (Å²) >= 11 is 0. The van der Waals surface area contributed by atoms with E-state index in [4.69, 9.17) is 13.9 Å². The lowest BCUT2D eigenvalue weighted by atomic mass is 9.84. The summed E-state index contributed by atoms with van der Waals surface area (Å²) in [7, 11) is 0. The summed E-state index contributed by atoms with van der Waals surface area (Å²) in [4.78, 5) is 23.8. The molecule has 2 heterocycles. The fraction of sp³-hybridized carbons (Fsp3) is 0.400. The SMILES string of the molecule is CC(C)(CNC(=O)CCCNC(=O)c1ccco1)c1ccc2c(c1)OCO2. The van der Waals surface area contributed by atoms with E-state index in [0.29, 0.717) is 25.9 Å². The number of nitrogens with one attached hydrogen (secondary N) is 2.